The molecule has 4 nitrogen and oxygen atoms in total. The van der Waals surface area contributed by atoms with Crippen LogP contribution in [-0.4, -0.2) is 21.0 Å². The molecule has 98 valence electrons. The van der Waals surface area contributed by atoms with Gasteiger partial charge in [0.1, 0.15) is 0 Å². The van der Waals surface area contributed by atoms with E-state index in [9.17, 15) is 8.42 Å². The Bertz CT molecular complexity index is 552. The van der Waals surface area contributed by atoms with Gasteiger partial charge in [-0.25, -0.2) is 13.1 Å². The second kappa shape index (κ2) is 5.12. The normalized spacial score (nSPS) is 16.5. The summed E-state index contributed by atoms with van der Waals surface area (Å²) >= 11 is 0. The highest BCUT2D eigenvalue weighted by atomic mass is 32.2. The van der Waals surface area contributed by atoms with Crippen molar-refractivity contribution in [2.24, 2.45) is 0 Å². The van der Waals surface area contributed by atoms with Crippen molar-refractivity contribution >= 4 is 15.7 Å². The largest absolute Gasteiger partial charge is 0.385 e. The van der Waals surface area contributed by atoms with E-state index in [0.29, 0.717) is 4.90 Å². The molecule has 0 aromatic heterocycles. The van der Waals surface area contributed by atoms with Crippen LogP contribution in [0.2, 0.25) is 0 Å². The van der Waals surface area contributed by atoms with Gasteiger partial charge >= 0.3 is 0 Å². The van der Waals surface area contributed by atoms with Crippen molar-refractivity contribution in [2.45, 2.75) is 30.7 Å². The van der Waals surface area contributed by atoms with E-state index in [-0.39, 0.29) is 6.04 Å². The lowest BCUT2D eigenvalue weighted by Crippen LogP contribution is -2.31. The first kappa shape index (κ1) is 13.1. The molecule has 1 aromatic rings. The monoisotopic (exact) mass is 266 g/mol. The van der Waals surface area contributed by atoms with Gasteiger partial charge in [0, 0.05) is 18.3 Å². The fraction of sp³-hybridized carbons (Fsp3) is 0.385. The molecule has 0 amide bonds. The Labute approximate surface area is 108 Å². The van der Waals surface area contributed by atoms with Crippen LogP contribution in [0.15, 0.2) is 35.7 Å². The molecule has 2 rings (SSSR count). The molecule has 18 heavy (non-hydrogen) atoms. The topological polar surface area (TPSA) is 58.2 Å². The van der Waals surface area contributed by atoms with Gasteiger partial charge in [0.15, 0.2) is 0 Å². The summed E-state index contributed by atoms with van der Waals surface area (Å²) in [7, 11) is -3.47. The third kappa shape index (κ3) is 2.73. The molecule has 1 aromatic carbocycles. The van der Waals surface area contributed by atoms with Crippen molar-refractivity contribution in [3.05, 3.63) is 36.4 Å². The van der Waals surface area contributed by atoms with Gasteiger partial charge in [0.2, 0.25) is 10.0 Å². The van der Waals surface area contributed by atoms with Gasteiger partial charge in [-0.3, -0.25) is 0 Å². The molecule has 0 spiro atoms. The van der Waals surface area contributed by atoms with E-state index >= 15 is 0 Å². The molecule has 1 aliphatic heterocycles. The zero-order chi connectivity index (χ0) is 13.2. The molecule has 0 bridgehead atoms. The zero-order valence-corrected chi connectivity index (χ0v) is 11.3. The van der Waals surface area contributed by atoms with Crippen LogP contribution in [0, 0.1) is 0 Å². The number of fused-ring (bicyclic) bond motifs is 1. The molecular formula is C13H18N2O2S. The molecule has 0 aliphatic carbocycles. The second-order valence-electron chi connectivity index (χ2n) is 4.49. The van der Waals surface area contributed by atoms with Gasteiger partial charge in [-0.1, -0.05) is 12.1 Å². The minimum atomic E-state index is -3.47. The maximum atomic E-state index is 12.1. The fourth-order valence-corrected chi connectivity index (χ4v) is 3.21. The summed E-state index contributed by atoms with van der Waals surface area (Å²) in [4.78, 5) is 0.296. The van der Waals surface area contributed by atoms with Gasteiger partial charge in [-0.2, -0.15) is 0 Å². The first-order valence-electron chi connectivity index (χ1n) is 6.04. The molecule has 1 unspecified atom stereocenters. The van der Waals surface area contributed by atoms with E-state index in [2.05, 4.69) is 16.6 Å². The molecular weight excluding hydrogens is 248 g/mol. The highest BCUT2D eigenvalue weighted by molar-refractivity contribution is 7.89. The minimum Gasteiger partial charge on any atom is -0.385 e. The zero-order valence-electron chi connectivity index (χ0n) is 10.4. The van der Waals surface area contributed by atoms with Crippen LogP contribution in [0.1, 0.15) is 18.9 Å². The molecule has 1 atom stereocenters. The Morgan fingerprint density at radius 1 is 1.50 bits per heavy atom. The number of anilines is 1. The first-order valence-corrected chi connectivity index (χ1v) is 7.53. The van der Waals surface area contributed by atoms with E-state index in [1.807, 2.05) is 6.07 Å². The van der Waals surface area contributed by atoms with Gasteiger partial charge in [-0.05, 0) is 37.5 Å². The lowest BCUT2D eigenvalue weighted by molar-refractivity contribution is 0.576. The molecule has 0 saturated heterocycles. The summed E-state index contributed by atoms with van der Waals surface area (Å²) in [6.07, 6.45) is 3.65. The highest BCUT2D eigenvalue weighted by Gasteiger charge is 2.18. The van der Waals surface area contributed by atoms with Gasteiger partial charge in [0.25, 0.3) is 0 Å². The summed E-state index contributed by atoms with van der Waals surface area (Å²) < 4.78 is 26.8. The Balaban J connectivity index is 2.30. The number of hydrogen-bond donors (Lipinski definition) is 2. The Kier molecular flexibility index (Phi) is 3.73. The summed E-state index contributed by atoms with van der Waals surface area (Å²) in [5.41, 5.74) is 2.10. The van der Waals surface area contributed by atoms with Crippen molar-refractivity contribution in [2.75, 3.05) is 11.9 Å². The maximum absolute atomic E-state index is 12.1. The van der Waals surface area contributed by atoms with Crippen LogP contribution < -0.4 is 10.0 Å². The summed E-state index contributed by atoms with van der Waals surface area (Å²) in [5.74, 6) is 0. The quantitative estimate of drug-likeness (QED) is 0.818. The molecule has 0 saturated carbocycles. The van der Waals surface area contributed by atoms with Gasteiger partial charge in [-0.15, -0.1) is 6.58 Å². The van der Waals surface area contributed by atoms with Crippen LogP contribution in [0.4, 0.5) is 5.69 Å². The van der Waals surface area contributed by atoms with E-state index in [1.54, 1.807) is 25.1 Å². The average Bonchev–Trinajstić information content (AvgIpc) is 2.37. The van der Waals surface area contributed by atoms with E-state index in [4.69, 9.17) is 0 Å². The standard InChI is InChI=1S/C13H18N2O2S/c1-3-10(2)15-18(16,17)12-7-6-11-5-4-8-14-13(11)9-12/h3,6-7,9-10,14-15H,1,4-5,8H2,2H3. The van der Waals surface area contributed by atoms with E-state index in [0.717, 1.165) is 25.1 Å². The van der Waals surface area contributed by atoms with Gasteiger partial charge in [0.05, 0.1) is 4.90 Å². The van der Waals surface area contributed by atoms with E-state index < -0.39 is 10.0 Å². The predicted octanol–water partition coefficient (Wildman–Crippen LogP) is 1.90. The van der Waals surface area contributed by atoms with Crippen LogP contribution in [0.25, 0.3) is 0 Å². The number of nitrogens with one attached hydrogen (secondary N) is 2. The highest BCUT2D eigenvalue weighted by Crippen LogP contribution is 2.25. The third-order valence-corrected chi connectivity index (χ3v) is 4.58. The molecule has 1 heterocycles. The minimum absolute atomic E-state index is 0.279. The number of hydrogen-bond acceptors (Lipinski definition) is 3. The maximum Gasteiger partial charge on any atom is 0.241 e. The number of sulfonamides is 1. The number of benzene rings is 1. The second-order valence-corrected chi connectivity index (χ2v) is 6.21. The fourth-order valence-electron chi connectivity index (χ4n) is 1.97. The summed E-state index contributed by atoms with van der Waals surface area (Å²) in [6.45, 7) is 6.22. The molecule has 0 fully saturated rings. The van der Waals surface area contributed by atoms with Gasteiger partial charge < -0.3 is 5.32 Å². The first-order chi connectivity index (χ1) is 8.53. The van der Waals surface area contributed by atoms with Crippen molar-refractivity contribution < 1.29 is 8.42 Å². The van der Waals surface area contributed by atoms with Crippen LogP contribution >= 0.6 is 0 Å². The predicted molar refractivity (Wildman–Crippen MR) is 73.2 cm³/mol. The summed E-state index contributed by atoms with van der Waals surface area (Å²) in [5, 5.41) is 3.23. The lowest BCUT2D eigenvalue weighted by Gasteiger charge is -2.19. The van der Waals surface area contributed by atoms with Crippen molar-refractivity contribution in [1.29, 1.82) is 0 Å². The average molecular weight is 266 g/mol. The number of aryl methyl sites for hydroxylation is 1. The Morgan fingerprint density at radius 2 is 2.28 bits per heavy atom. The van der Waals surface area contributed by atoms with Crippen LogP contribution in [0.3, 0.4) is 0 Å². The molecule has 0 radical (unpaired) electrons. The van der Waals surface area contributed by atoms with Crippen LogP contribution in [-0.2, 0) is 16.4 Å². The van der Waals surface area contributed by atoms with E-state index in [1.165, 1.54) is 5.56 Å². The smallest absolute Gasteiger partial charge is 0.241 e. The van der Waals surface area contributed by atoms with Crippen molar-refractivity contribution in [3.8, 4) is 0 Å². The number of rotatable bonds is 4. The van der Waals surface area contributed by atoms with Crippen molar-refractivity contribution in [3.63, 3.8) is 0 Å². The molecule has 5 heteroatoms. The third-order valence-electron chi connectivity index (χ3n) is 3.02. The Hall–Kier alpha value is -1.33. The van der Waals surface area contributed by atoms with Crippen LogP contribution in [0.5, 0.6) is 0 Å². The van der Waals surface area contributed by atoms with Crippen molar-refractivity contribution in [1.82, 2.24) is 4.72 Å². The molecule has 1 aliphatic rings. The lowest BCUT2D eigenvalue weighted by atomic mass is 10.0. The SMILES string of the molecule is C=CC(C)NS(=O)(=O)c1ccc2c(c1)NCCC2. The Morgan fingerprint density at radius 3 is 3.00 bits per heavy atom. The molecule has 2 N–H and O–H groups in total. The summed E-state index contributed by atoms with van der Waals surface area (Å²) in [6, 6.07) is 4.96.